The van der Waals surface area contributed by atoms with E-state index in [-0.39, 0.29) is 0 Å². The number of aromatic nitrogens is 4. The van der Waals surface area contributed by atoms with Crippen LogP contribution < -0.4 is 5.73 Å². The van der Waals surface area contributed by atoms with Crippen molar-refractivity contribution in [3.05, 3.63) is 47.0 Å². The Morgan fingerprint density at radius 3 is 2.84 bits per heavy atom. The van der Waals surface area contributed by atoms with E-state index in [0.29, 0.717) is 29.2 Å². The molecule has 0 saturated carbocycles. The van der Waals surface area contributed by atoms with Crippen LogP contribution >= 0.6 is 11.6 Å². The highest BCUT2D eigenvalue weighted by molar-refractivity contribution is 6.31. The van der Waals surface area contributed by atoms with Gasteiger partial charge in [-0.1, -0.05) is 29.8 Å². The van der Waals surface area contributed by atoms with Crippen molar-refractivity contribution >= 4 is 28.6 Å². The summed E-state index contributed by atoms with van der Waals surface area (Å²) in [6, 6.07) is 7.76. The molecule has 3 rings (SSSR count). The van der Waals surface area contributed by atoms with Gasteiger partial charge in [0.25, 0.3) is 0 Å². The molecule has 96 valence electrons. The van der Waals surface area contributed by atoms with Crippen molar-refractivity contribution in [2.75, 3.05) is 5.73 Å². The van der Waals surface area contributed by atoms with Crippen LogP contribution in [-0.2, 0) is 12.8 Å². The van der Waals surface area contributed by atoms with Crippen molar-refractivity contribution in [2.24, 2.45) is 0 Å². The third-order valence-corrected chi connectivity index (χ3v) is 3.30. The van der Waals surface area contributed by atoms with Crippen molar-refractivity contribution in [1.29, 1.82) is 0 Å². The van der Waals surface area contributed by atoms with Gasteiger partial charge in [-0.2, -0.15) is 0 Å². The van der Waals surface area contributed by atoms with E-state index < -0.39 is 0 Å². The number of nitrogens with two attached hydrogens (primary N) is 1. The Morgan fingerprint density at radius 1 is 1.16 bits per heavy atom. The Bertz CT molecular complexity index is 722. The Balaban J connectivity index is 1.84. The Kier molecular flexibility index (Phi) is 3.05. The topological polar surface area (TPSA) is 80.5 Å². The minimum Gasteiger partial charge on any atom is -0.382 e. The molecule has 2 aromatic heterocycles. The summed E-state index contributed by atoms with van der Waals surface area (Å²) in [4.78, 5) is 15.7. The number of aromatic amines is 1. The zero-order valence-electron chi connectivity index (χ0n) is 10.1. The SMILES string of the molecule is Nc1nc(CCc2ccccc2Cl)nc2nc[nH]c12. The van der Waals surface area contributed by atoms with E-state index >= 15 is 0 Å². The predicted molar refractivity (Wildman–Crippen MR) is 75.0 cm³/mol. The number of rotatable bonds is 3. The largest absolute Gasteiger partial charge is 0.382 e. The molecule has 6 heteroatoms. The van der Waals surface area contributed by atoms with Gasteiger partial charge in [0, 0.05) is 11.4 Å². The summed E-state index contributed by atoms with van der Waals surface area (Å²) < 4.78 is 0. The van der Waals surface area contributed by atoms with Gasteiger partial charge >= 0.3 is 0 Å². The van der Waals surface area contributed by atoms with E-state index in [1.54, 1.807) is 6.33 Å². The lowest BCUT2D eigenvalue weighted by Crippen LogP contribution is -2.03. The van der Waals surface area contributed by atoms with Gasteiger partial charge in [0.1, 0.15) is 11.3 Å². The first-order valence-corrected chi connectivity index (χ1v) is 6.30. The molecule has 0 aliphatic carbocycles. The second kappa shape index (κ2) is 4.85. The molecule has 3 aromatic rings. The number of nitrogen functional groups attached to an aromatic ring is 1. The normalized spacial score (nSPS) is 11.0. The number of benzene rings is 1. The van der Waals surface area contributed by atoms with Crippen molar-refractivity contribution < 1.29 is 0 Å². The van der Waals surface area contributed by atoms with Crippen LogP contribution in [0, 0.1) is 0 Å². The van der Waals surface area contributed by atoms with Gasteiger partial charge in [0.05, 0.1) is 6.33 Å². The van der Waals surface area contributed by atoms with E-state index in [1.807, 2.05) is 24.3 Å². The number of nitrogens with zero attached hydrogens (tertiary/aromatic N) is 3. The smallest absolute Gasteiger partial charge is 0.183 e. The lowest BCUT2D eigenvalue weighted by atomic mass is 10.1. The van der Waals surface area contributed by atoms with Gasteiger partial charge in [0.15, 0.2) is 11.5 Å². The summed E-state index contributed by atoms with van der Waals surface area (Å²) in [6.07, 6.45) is 3.01. The summed E-state index contributed by atoms with van der Waals surface area (Å²) in [5.41, 5.74) is 8.21. The van der Waals surface area contributed by atoms with Crippen molar-refractivity contribution in [1.82, 2.24) is 19.9 Å². The van der Waals surface area contributed by atoms with Crippen LogP contribution in [0.25, 0.3) is 11.2 Å². The van der Waals surface area contributed by atoms with Gasteiger partial charge in [-0.3, -0.25) is 0 Å². The molecule has 5 nitrogen and oxygen atoms in total. The lowest BCUT2D eigenvalue weighted by Gasteiger charge is -2.04. The van der Waals surface area contributed by atoms with E-state index in [4.69, 9.17) is 17.3 Å². The van der Waals surface area contributed by atoms with Crippen molar-refractivity contribution in [3.63, 3.8) is 0 Å². The number of H-pyrrole nitrogens is 1. The van der Waals surface area contributed by atoms with Crippen LogP contribution in [0.2, 0.25) is 5.02 Å². The molecular formula is C13H12ClN5. The second-order valence-corrected chi connectivity index (χ2v) is 4.62. The fraction of sp³-hybridized carbons (Fsp3) is 0.154. The third kappa shape index (κ3) is 2.37. The molecule has 0 spiro atoms. The monoisotopic (exact) mass is 273 g/mol. The number of nitrogens with one attached hydrogen (secondary N) is 1. The molecule has 0 aliphatic rings. The fourth-order valence-electron chi connectivity index (χ4n) is 1.96. The molecule has 0 saturated heterocycles. The van der Waals surface area contributed by atoms with Gasteiger partial charge in [-0.05, 0) is 18.1 Å². The molecule has 0 aliphatic heterocycles. The van der Waals surface area contributed by atoms with Gasteiger partial charge < -0.3 is 10.7 Å². The van der Waals surface area contributed by atoms with Crippen molar-refractivity contribution in [2.45, 2.75) is 12.8 Å². The minimum atomic E-state index is 0.427. The number of imidazole rings is 1. The standard InChI is InChI=1S/C13H12ClN5/c14-9-4-2-1-3-8(9)5-6-10-18-12(15)11-13(19-10)17-7-16-11/h1-4,7H,5-6H2,(H3,15,16,17,18,19). The van der Waals surface area contributed by atoms with E-state index in [1.165, 1.54) is 0 Å². The van der Waals surface area contributed by atoms with E-state index in [0.717, 1.165) is 17.0 Å². The summed E-state index contributed by atoms with van der Waals surface area (Å²) in [7, 11) is 0. The van der Waals surface area contributed by atoms with Crippen LogP contribution in [0.4, 0.5) is 5.82 Å². The summed E-state index contributed by atoms with van der Waals surface area (Å²) in [5.74, 6) is 1.11. The highest BCUT2D eigenvalue weighted by Gasteiger charge is 2.08. The minimum absolute atomic E-state index is 0.427. The average Bonchev–Trinajstić information content (AvgIpc) is 2.87. The molecule has 0 fully saturated rings. The summed E-state index contributed by atoms with van der Waals surface area (Å²) in [6.45, 7) is 0. The highest BCUT2D eigenvalue weighted by atomic mass is 35.5. The number of hydrogen-bond donors (Lipinski definition) is 2. The van der Waals surface area contributed by atoms with E-state index in [2.05, 4.69) is 19.9 Å². The van der Waals surface area contributed by atoms with Crippen molar-refractivity contribution in [3.8, 4) is 0 Å². The molecule has 0 unspecified atom stereocenters. The zero-order valence-corrected chi connectivity index (χ0v) is 10.9. The maximum Gasteiger partial charge on any atom is 0.183 e. The summed E-state index contributed by atoms with van der Waals surface area (Å²) in [5, 5.41) is 0.760. The second-order valence-electron chi connectivity index (χ2n) is 4.22. The fourth-order valence-corrected chi connectivity index (χ4v) is 2.19. The molecular weight excluding hydrogens is 262 g/mol. The highest BCUT2D eigenvalue weighted by Crippen LogP contribution is 2.18. The predicted octanol–water partition coefficient (Wildman–Crippen LogP) is 2.37. The maximum atomic E-state index is 6.12. The molecule has 0 bridgehead atoms. The van der Waals surface area contributed by atoms with Crippen LogP contribution in [0.3, 0.4) is 0 Å². The van der Waals surface area contributed by atoms with Crippen LogP contribution in [-0.4, -0.2) is 19.9 Å². The Hall–Kier alpha value is -2.14. The number of aryl methyl sites for hydroxylation is 2. The molecule has 0 atom stereocenters. The van der Waals surface area contributed by atoms with Crippen LogP contribution in [0.15, 0.2) is 30.6 Å². The first-order valence-electron chi connectivity index (χ1n) is 5.93. The van der Waals surface area contributed by atoms with Gasteiger partial charge in [-0.15, -0.1) is 0 Å². The maximum absolute atomic E-state index is 6.12. The summed E-state index contributed by atoms with van der Waals surface area (Å²) >= 11 is 6.12. The van der Waals surface area contributed by atoms with E-state index in [9.17, 15) is 0 Å². The van der Waals surface area contributed by atoms with Crippen LogP contribution in [0.5, 0.6) is 0 Å². The zero-order chi connectivity index (χ0) is 13.2. The average molecular weight is 274 g/mol. The van der Waals surface area contributed by atoms with Gasteiger partial charge in [0.2, 0.25) is 0 Å². The van der Waals surface area contributed by atoms with Gasteiger partial charge in [-0.25, -0.2) is 15.0 Å². The Morgan fingerprint density at radius 2 is 2.00 bits per heavy atom. The number of halogens is 1. The Labute approximate surface area is 114 Å². The molecule has 0 amide bonds. The quantitative estimate of drug-likeness (QED) is 0.768. The molecule has 0 radical (unpaired) electrons. The number of anilines is 1. The first kappa shape index (κ1) is 11.9. The number of hydrogen-bond acceptors (Lipinski definition) is 4. The molecule has 2 heterocycles. The molecule has 3 N–H and O–H groups in total. The van der Waals surface area contributed by atoms with Crippen LogP contribution in [0.1, 0.15) is 11.4 Å². The number of fused-ring (bicyclic) bond motifs is 1. The first-order chi connectivity index (χ1) is 9.24. The molecule has 19 heavy (non-hydrogen) atoms. The lowest BCUT2D eigenvalue weighted by molar-refractivity contribution is 0.870. The third-order valence-electron chi connectivity index (χ3n) is 2.94. The molecule has 1 aromatic carbocycles.